The zero-order chi connectivity index (χ0) is 14.7. The summed E-state index contributed by atoms with van der Waals surface area (Å²) in [5.74, 6) is 0. The van der Waals surface area contributed by atoms with Crippen LogP contribution in [0.4, 0.5) is 0 Å². The Morgan fingerprint density at radius 1 is 1.14 bits per heavy atom. The van der Waals surface area contributed by atoms with Crippen molar-refractivity contribution in [1.82, 2.24) is 4.98 Å². The van der Waals surface area contributed by atoms with Gasteiger partial charge in [0.15, 0.2) is 4.34 Å². The normalized spacial score (nSPS) is 12.7. The molecule has 3 rings (SSSR count). The molecule has 2 N–H and O–H groups in total. The second-order valence-corrected chi connectivity index (χ2v) is 7.35. The van der Waals surface area contributed by atoms with E-state index >= 15 is 0 Å². The molecule has 2 nitrogen and oxygen atoms in total. The molecule has 0 saturated heterocycles. The first-order valence-electron chi connectivity index (χ1n) is 7.13. The zero-order valence-electron chi connectivity index (χ0n) is 12.0. The van der Waals surface area contributed by atoms with Crippen LogP contribution >= 0.6 is 23.1 Å². The summed E-state index contributed by atoms with van der Waals surface area (Å²) >= 11 is 3.49. The van der Waals surface area contributed by atoms with Crippen LogP contribution in [0.1, 0.15) is 18.9 Å². The molecule has 0 amide bonds. The Balaban J connectivity index is 1.87. The van der Waals surface area contributed by atoms with E-state index in [9.17, 15) is 0 Å². The van der Waals surface area contributed by atoms with Crippen LogP contribution in [0.25, 0.3) is 10.2 Å². The third-order valence-electron chi connectivity index (χ3n) is 3.45. The average molecular weight is 314 g/mol. The second kappa shape index (κ2) is 6.60. The molecule has 21 heavy (non-hydrogen) atoms. The molecule has 3 aromatic rings. The van der Waals surface area contributed by atoms with Crippen molar-refractivity contribution < 1.29 is 0 Å². The van der Waals surface area contributed by atoms with Gasteiger partial charge in [0.05, 0.1) is 10.2 Å². The molecule has 4 heteroatoms. The van der Waals surface area contributed by atoms with Gasteiger partial charge in [0, 0.05) is 10.9 Å². The highest BCUT2D eigenvalue weighted by molar-refractivity contribution is 8.01. The molecular formula is C17H18N2S2. The topological polar surface area (TPSA) is 38.9 Å². The molecule has 1 atom stereocenters. The maximum Gasteiger partial charge on any atom is 0.155 e. The first-order chi connectivity index (χ1) is 10.3. The molecule has 0 aliphatic rings. The molecule has 0 saturated carbocycles. The number of aromatic nitrogens is 1. The van der Waals surface area contributed by atoms with Gasteiger partial charge in [0.2, 0.25) is 0 Å². The van der Waals surface area contributed by atoms with Gasteiger partial charge in [-0.3, -0.25) is 0 Å². The Kier molecular flexibility index (Phi) is 4.58. The lowest BCUT2D eigenvalue weighted by atomic mass is 10.1. The largest absolute Gasteiger partial charge is 0.327 e. The van der Waals surface area contributed by atoms with E-state index in [4.69, 9.17) is 10.7 Å². The quantitative estimate of drug-likeness (QED) is 0.740. The summed E-state index contributed by atoms with van der Waals surface area (Å²) in [6.45, 7) is 2.13. The summed E-state index contributed by atoms with van der Waals surface area (Å²) in [6.07, 6.45) is 1.92. The molecule has 0 fully saturated rings. The molecule has 1 heterocycles. The molecule has 1 aromatic heterocycles. The van der Waals surface area contributed by atoms with Crippen molar-refractivity contribution in [2.75, 3.05) is 0 Å². The maximum absolute atomic E-state index is 6.11. The van der Waals surface area contributed by atoms with Crippen molar-refractivity contribution in [3.63, 3.8) is 0 Å². The van der Waals surface area contributed by atoms with Crippen LogP contribution in [0.3, 0.4) is 0 Å². The number of para-hydroxylation sites is 1. The summed E-state index contributed by atoms with van der Waals surface area (Å²) in [7, 11) is 0. The number of hydrogen-bond donors (Lipinski definition) is 1. The molecule has 0 bridgehead atoms. The summed E-state index contributed by atoms with van der Waals surface area (Å²) in [5, 5.41) is 0. The minimum atomic E-state index is 0.224. The van der Waals surface area contributed by atoms with Gasteiger partial charge in [-0.05, 0) is 36.6 Å². The Bertz CT molecular complexity index is 703. The minimum Gasteiger partial charge on any atom is -0.327 e. The van der Waals surface area contributed by atoms with E-state index in [0.29, 0.717) is 0 Å². The van der Waals surface area contributed by atoms with E-state index < -0.39 is 0 Å². The number of rotatable bonds is 5. The molecule has 0 spiro atoms. The van der Waals surface area contributed by atoms with Crippen molar-refractivity contribution in [2.24, 2.45) is 5.73 Å². The van der Waals surface area contributed by atoms with Crippen LogP contribution in [-0.2, 0) is 6.42 Å². The highest BCUT2D eigenvalue weighted by Crippen LogP contribution is 2.36. The lowest BCUT2D eigenvalue weighted by Gasteiger charge is -2.12. The average Bonchev–Trinajstić information content (AvgIpc) is 2.91. The predicted molar refractivity (Wildman–Crippen MR) is 92.2 cm³/mol. The van der Waals surface area contributed by atoms with Crippen LogP contribution in [-0.4, -0.2) is 11.0 Å². The van der Waals surface area contributed by atoms with Crippen LogP contribution in [0, 0.1) is 0 Å². The fraction of sp³-hybridized carbons (Fsp3) is 0.235. The standard InChI is InChI=1S/C17H18N2S2/c1-2-13(18)11-12-7-3-5-9-15(12)20-17-19-14-8-4-6-10-16(14)21-17/h3-10,13H,2,11,18H2,1H3. The number of fused-ring (bicyclic) bond motifs is 1. The Labute approximate surface area is 133 Å². The van der Waals surface area contributed by atoms with Gasteiger partial charge in [0.1, 0.15) is 0 Å². The Morgan fingerprint density at radius 3 is 2.71 bits per heavy atom. The zero-order valence-corrected chi connectivity index (χ0v) is 13.6. The molecule has 0 aliphatic carbocycles. The SMILES string of the molecule is CCC(N)Cc1ccccc1Sc1nc2ccccc2s1. The third kappa shape index (κ3) is 3.46. The van der Waals surface area contributed by atoms with Crippen LogP contribution < -0.4 is 5.73 Å². The predicted octanol–water partition coefficient (Wildman–Crippen LogP) is 4.73. The second-order valence-electron chi connectivity index (χ2n) is 5.03. The van der Waals surface area contributed by atoms with Gasteiger partial charge in [0.25, 0.3) is 0 Å². The molecule has 0 aliphatic heterocycles. The first kappa shape index (κ1) is 14.6. The van der Waals surface area contributed by atoms with Gasteiger partial charge in [-0.25, -0.2) is 4.98 Å². The number of thiazole rings is 1. The van der Waals surface area contributed by atoms with Gasteiger partial charge in [-0.1, -0.05) is 49.0 Å². The fourth-order valence-corrected chi connectivity index (χ4v) is 4.35. The minimum absolute atomic E-state index is 0.224. The number of nitrogens with zero attached hydrogens (tertiary/aromatic N) is 1. The lowest BCUT2D eigenvalue weighted by molar-refractivity contribution is 0.641. The van der Waals surface area contributed by atoms with Crippen LogP contribution in [0.5, 0.6) is 0 Å². The number of benzene rings is 2. The van der Waals surface area contributed by atoms with E-state index in [-0.39, 0.29) is 6.04 Å². The summed E-state index contributed by atoms with van der Waals surface area (Å²) in [5.41, 5.74) is 8.50. The van der Waals surface area contributed by atoms with Crippen molar-refractivity contribution in [3.05, 3.63) is 54.1 Å². The van der Waals surface area contributed by atoms with E-state index in [1.165, 1.54) is 15.2 Å². The molecule has 2 aromatic carbocycles. The number of hydrogen-bond acceptors (Lipinski definition) is 4. The van der Waals surface area contributed by atoms with E-state index in [1.807, 2.05) is 6.07 Å². The lowest BCUT2D eigenvalue weighted by Crippen LogP contribution is -2.21. The highest BCUT2D eigenvalue weighted by atomic mass is 32.2. The third-order valence-corrected chi connectivity index (χ3v) is 5.67. The first-order valence-corrected chi connectivity index (χ1v) is 8.76. The molecule has 108 valence electrons. The van der Waals surface area contributed by atoms with Crippen LogP contribution in [0.2, 0.25) is 0 Å². The summed E-state index contributed by atoms with van der Waals surface area (Å²) in [6, 6.07) is 17.0. The van der Waals surface area contributed by atoms with E-state index in [0.717, 1.165) is 22.7 Å². The van der Waals surface area contributed by atoms with Crippen LogP contribution in [0.15, 0.2) is 57.8 Å². The fourth-order valence-electron chi connectivity index (χ4n) is 2.19. The van der Waals surface area contributed by atoms with Crippen molar-refractivity contribution >= 4 is 33.3 Å². The summed E-state index contributed by atoms with van der Waals surface area (Å²) < 4.78 is 2.33. The van der Waals surface area contributed by atoms with Gasteiger partial charge in [-0.15, -0.1) is 11.3 Å². The van der Waals surface area contributed by atoms with Crippen molar-refractivity contribution in [3.8, 4) is 0 Å². The maximum atomic E-state index is 6.11. The van der Waals surface area contributed by atoms with Crippen molar-refractivity contribution in [1.29, 1.82) is 0 Å². The molecule has 1 unspecified atom stereocenters. The van der Waals surface area contributed by atoms with E-state index in [1.54, 1.807) is 23.1 Å². The van der Waals surface area contributed by atoms with E-state index in [2.05, 4.69) is 49.4 Å². The van der Waals surface area contributed by atoms with Gasteiger partial charge in [-0.2, -0.15) is 0 Å². The Hall–Kier alpha value is -1.36. The number of nitrogens with two attached hydrogens (primary N) is 1. The highest BCUT2D eigenvalue weighted by Gasteiger charge is 2.10. The molecule has 0 radical (unpaired) electrons. The van der Waals surface area contributed by atoms with Crippen molar-refractivity contribution in [2.45, 2.75) is 35.0 Å². The summed E-state index contributed by atoms with van der Waals surface area (Å²) in [4.78, 5) is 5.96. The molecular weight excluding hydrogens is 296 g/mol. The van der Waals surface area contributed by atoms with Gasteiger partial charge < -0.3 is 5.73 Å². The smallest absolute Gasteiger partial charge is 0.155 e. The Morgan fingerprint density at radius 2 is 1.90 bits per heavy atom. The van der Waals surface area contributed by atoms with Gasteiger partial charge >= 0.3 is 0 Å². The monoisotopic (exact) mass is 314 g/mol.